The van der Waals surface area contributed by atoms with Gasteiger partial charge in [-0.2, -0.15) is 0 Å². The molecule has 0 radical (unpaired) electrons. The number of hydrogen-bond acceptors (Lipinski definition) is 6. The second-order valence-corrected chi connectivity index (χ2v) is 7.51. The lowest BCUT2D eigenvalue weighted by Crippen LogP contribution is -2.31. The zero-order chi connectivity index (χ0) is 23.5. The third-order valence-electron chi connectivity index (χ3n) is 5.43. The standard InChI is InChI=1S/C23H19FN4O5/c24-17-7-5-15(6-8-17)21(29)19-20(16-3-1-4-18(13-16)28(32)33)27(23(31)22(19)30)11-2-10-26-12-9-25-14-26/h1,3-9,12-14,20,29H,2,10-11H2/b21-19-. The first-order valence-corrected chi connectivity index (χ1v) is 10.1. The van der Waals surface area contributed by atoms with Crippen molar-refractivity contribution in [3.8, 4) is 0 Å². The number of amides is 1. The Hall–Kier alpha value is -4.34. The molecule has 1 fully saturated rings. The summed E-state index contributed by atoms with van der Waals surface area (Å²) in [5.74, 6) is -2.72. The summed E-state index contributed by atoms with van der Waals surface area (Å²) >= 11 is 0. The average Bonchev–Trinajstić information content (AvgIpc) is 3.41. The lowest BCUT2D eigenvalue weighted by molar-refractivity contribution is -0.384. The highest BCUT2D eigenvalue weighted by atomic mass is 19.1. The molecule has 1 unspecified atom stereocenters. The summed E-state index contributed by atoms with van der Waals surface area (Å²) in [7, 11) is 0. The molecule has 1 N–H and O–H groups in total. The number of likely N-dealkylation sites (tertiary alicyclic amines) is 1. The number of aryl methyl sites for hydroxylation is 1. The molecule has 4 rings (SSSR count). The minimum absolute atomic E-state index is 0.156. The summed E-state index contributed by atoms with van der Waals surface area (Å²) in [6.45, 7) is 0.693. The fraction of sp³-hybridized carbons (Fsp3) is 0.174. The summed E-state index contributed by atoms with van der Waals surface area (Å²) in [5.41, 5.74) is 0.0611. The summed E-state index contributed by atoms with van der Waals surface area (Å²) in [6, 6.07) is 9.39. The summed E-state index contributed by atoms with van der Waals surface area (Å²) in [5, 5.41) is 22.2. The number of benzene rings is 2. The number of non-ortho nitro benzene ring substituents is 1. The van der Waals surface area contributed by atoms with Gasteiger partial charge in [0.1, 0.15) is 11.6 Å². The maximum absolute atomic E-state index is 13.3. The minimum Gasteiger partial charge on any atom is -0.507 e. The van der Waals surface area contributed by atoms with Crippen LogP contribution in [0.25, 0.3) is 5.76 Å². The van der Waals surface area contributed by atoms with Crippen LogP contribution in [0.3, 0.4) is 0 Å². The Labute approximate surface area is 187 Å². The zero-order valence-electron chi connectivity index (χ0n) is 17.3. The topological polar surface area (TPSA) is 119 Å². The summed E-state index contributed by atoms with van der Waals surface area (Å²) < 4.78 is 15.2. The van der Waals surface area contributed by atoms with Crippen LogP contribution in [0.1, 0.15) is 23.6 Å². The molecule has 2 heterocycles. The van der Waals surface area contributed by atoms with Gasteiger partial charge < -0.3 is 14.6 Å². The highest BCUT2D eigenvalue weighted by molar-refractivity contribution is 6.46. The number of aliphatic hydroxyl groups excluding tert-OH is 1. The molecule has 168 valence electrons. The average molecular weight is 450 g/mol. The van der Waals surface area contributed by atoms with Crippen molar-refractivity contribution in [2.45, 2.75) is 19.0 Å². The second-order valence-electron chi connectivity index (χ2n) is 7.51. The molecule has 0 bridgehead atoms. The Bertz CT molecular complexity index is 1240. The normalized spacial score (nSPS) is 17.5. The van der Waals surface area contributed by atoms with Gasteiger partial charge in [0.15, 0.2) is 0 Å². The van der Waals surface area contributed by atoms with Crippen LogP contribution in [0.2, 0.25) is 0 Å². The number of aromatic nitrogens is 2. The predicted molar refractivity (Wildman–Crippen MR) is 115 cm³/mol. The molecule has 33 heavy (non-hydrogen) atoms. The Balaban J connectivity index is 1.76. The fourth-order valence-corrected chi connectivity index (χ4v) is 3.87. The molecule has 3 aromatic rings. The number of ketones is 1. The molecular formula is C23H19FN4O5. The Morgan fingerprint density at radius 2 is 1.91 bits per heavy atom. The molecule has 1 aliphatic heterocycles. The van der Waals surface area contributed by atoms with Crippen LogP contribution < -0.4 is 0 Å². The zero-order valence-corrected chi connectivity index (χ0v) is 17.3. The van der Waals surface area contributed by atoms with E-state index in [4.69, 9.17) is 0 Å². The molecule has 1 aromatic heterocycles. The number of imidazole rings is 1. The van der Waals surface area contributed by atoms with E-state index < -0.39 is 34.2 Å². The van der Waals surface area contributed by atoms with Gasteiger partial charge in [-0.25, -0.2) is 9.37 Å². The van der Waals surface area contributed by atoms with Crippen LogP contribution in [-0.4, -0.2) is 42.7 Å². The molecule has 0 spiro atoms. The first kappa shape index (κ1) is 21.9. The van der Waals surface area contributed by atoms with Gasteiger partial charge in [-0.1, -0.05) is 12.1 Å². The third kappa shape index (κ3) is 4.36. The molecule has 1 aliphatic rings. The second kappa shape index (κ2) is 9.03. The Morgan fingerprint density at radius 1 is 1.15 bits per heavy atom. The van der Waals surface area contributed by atoms with Crippen molar-refractivity contribution >= 4 is 23.1 Å². The summed E-state index contributed by atoms with van der Waals surface area (Å²) in [4.78, 5) is 41.9. The number of carbonyl (C=O) groups excluding carboxylic acids is 2. The van der Waals surface area contributed by atoms with Crippen molar-refractivity contribution in [2.75, 3.05) is 6.54 Å². The van der Waals surface area contributed by atoms with E-state index in [1.807, 2.05) is 4.57 Å². The number of aliphatic hydroxyl groups is 1. The van der Waals surface area contributed by atoms with Gasteiger partial charge >= 0.3 is 0 Å². The van der Waals surface area contributed by atoms with Gasteiger partial charge in [-0.15, -0.1) is 0 Å². The lowest BCUT2D eigenvalue weighted by atomic mass is 9.95. The number of hydrogen-bond donors (Lipinski definition) is 1. The highest BCUT2D eigenvalue weighted by Crippen LogP contribution is 2.40. The molecular weight excluding hydrogens is 431 g/mol. The molecule has 1 saturated heterocycles. The van der Waals surface area contributed by atoms with Gasteiger partial charge in [0.25, 0.3) is 17.4 Å². The molecule has 1 amide bonds. The number of rotatable bonds is 7. The summed E-state index contributed by atoms with van der Waals surface area (Å²) in [6.07, 6.45) is 5.49. The maximum Gasteiger partial charge on any atom is 0.295 e. The van der Waals surface area contributed by atoms with E-state index in [0.717, 1.165) is 12.1 Å². The number of carbonyl (C=O) groups is 2. The molecule has 9 nitrogen and oxygen atoms in total. The van der Waals surface area contributed by atoms with E-state index in [-0.39, 0.29) is 23.4 Å². The molecule has 2 aromatic carbocycles. The van der Waals surface area contributed by atoms with Crippen LogP contribution >= 0.6 is 0 Å². The van der Waals surface area contributed by atoms with Crippen molar-refractivity contribution in [1.29, 1.82) is 0 Å². The van der Waals surface area contributed by atoms with E-state index in [0.29, 0.717) is 18.5 Å². The fourth-order valence-electron chi connectivity index (χ4n) is 3.87. The van der Waals surface area contributed by atoms with E-state index in [1.165, 1.54) is 35.2 Å². The molecule has 10 heteroatoms. The largest absolute Gasteiger partial charge is 0.507 e. The quantitative estimate of drug-likeness (QED) is 0.194. The SMILES string of the molecule is O=C1C(=O)N(CCCn2ccnc2)C(c2cccc([N+](=O)[O-])c2)/C1=C(/O)c1ccc(F)cc1. The van der Waals surface area contributed by atoms with Crippen LogP contribution in [0.15, 0.2) is 72.8 Å². The third-order valence-corrected chi connectivity index (χ3v) is 5.43. The van der Waals surface area contributed by atoms with E-state index in [9.17, 15) is 29.2 Å². The monoisotopic (exact) mass is 450 g/mol. The number of nitro groups is 1. The van der Waals surface area contributed by atoms with E-state index >= 15 is 0 Å². The lowest BCUT2D eigenvalue weighted by Gasteiger charge is -2.25. The maximum atomic E-state index is 13.3. The van der Waals surface area contributed by atoms with Gasteiger partial charge in [0.05, 0.1) is 22.9 Å². The Morgan fingerprint density at radius 3 is 2.58 bits per heavy atom. The van der Waals surface area contributed by atoms with E-state index in [1.54, 1.807) is 24.8 Å². The van der Waals surface area contributed by atoms with Gasteiger partial charge in [0, 0.05) is 43.2 Å². The number of nitrogens with zero attached hydrogens (tertiary/aromatic N) is 4. The van der Waals surface area contributed by atoms with E-state index in [2.05, 4.69) is 4.98 Å². The first-order valence-electron chi connectivity index (χ1n) is 10.1. The van der Waals surface area contributed by atoms with Crippen molar-refractivity contribution in [2.24, 2.45) is 0 Å². The molecule has 1 atom stereocenters. The smallest absolute Gasteiger partial charge is 0.295 e. The number of Topliss-reactive ketones (excluding diaryl/α,β-unsaturated/α-hetero) is 1. The number of nitro benzene ring substituents is 1. The van der Waals surface area contributed by atoms with Crippen LogP contribution in [0.4, 0.5) is 10.1 Å². The first-order chi connectivity index (χ1) is 15.9. The van der Waals surface area contributed by atoms with Crippen LogP contribution in [0, 0.1) is 15.9 Å². The van der Waals surface area contributed by atoms with Crippen molar-refractivity contribution in [3.05, 3.63) is 99.9 Å². The minimum atomic E-state index is -1.03. The van der Waals surface area contributed by atoms with Crippen LogP contribution in [0.5, 0.6) is 0 Å². The van der Waals surface area contributed by atoms with Gasteiger partial charge in [-0.3, -0.25) is 19.7 Å². The molecule has 0 aliphatic carbocycles. The van der Waals surface area contributed by atoms with Crippen molar-refractivity contribution in [1.82, 2.24) is 14.5 Å². The van der Waals surface area contributed by atoms with Crippen molar-refractivity contribution < 1.29 is 24.0 Å². The highest BCUT2D eigenvalue weighted by Gasteiger charge is 2.46. The van der Waals surface area contributed by atoms with Crippen LogP contribution in [-0.2, 0) is 16.1 Å². The van der Waals surface area contributed by atoms with Gasteiger partial charge in [0.2, 0.25) is 0 Å². The predicted octanol–water partition coefficient (Wildman–Crippen LogP) is 3.44. The van der Waals surface area contributed by atoms with Crippen molar-refractivity contribution in [3.63, 3.8) is 0 Å². The Kier molecular flexibility index (Phi) is 5.99. The van der Waals surface area contributed by atoms with Gasteiger partial charge in [-0.05, 0) is 36.2 Å². The number of halogens is 1. The molecule has 0 saturated carbocycles.